The van der Waals surface area contributed by atoms with Crippen molar-refractivity contribution in [3.8, 4) is 0 Å². The first kappa shape index (κ1) is 14.5. The average molecular weight is 289 g/mol. The molecule has 0 spiro atoms. The number of rotatable bonds is 2. The number of ether oxygens (including phenoxy) is 1. The minimum Gasteiger partial charge on any atom is -0.478 e. The normalized spacial score (nSPS) is 29.9. The van der Waals surface area contributed by atoms with Gasteiger partial charge < -0.3 is 9.84 Å². The summed E-state index contributed by atoms with van der Waals surface area (Å²) >= 11 is 0. The molecule has 4 heteroatoms. The Hall–Kier alpha value is -1.39. The smallest absolute Gasteiger partial charge is 0.335 e. The molecule has 114 valence electrons. The summed E-state index contributed by atoms with van der Waals surface area (Å²) in [7, 11) is 0. The van der Waals surface area contributed by atoms with Gasteiger partial charge in [-0.2, -0.15) is 0 Å². The predicted molar refractivity (Wildman–Crippen MR) is 80.5 cm³/mol. The van der Waals surface area contributed by atoms with Crippen LogP contribution < -0.4 is 0 Å². The van der Waals surface area contributed by atoms with E-state index in [2.05, 4.69) is 24.8 Å². The molecule has 1 N–H and O–H groups in total. The van der Waals surface area contributed by atoms with Crippen LogP contribution in [0.3, 0.4) is 0 Å². The summed E-state index contributed by atoms with van der Waals surface area (Å²) in [5, 5.41) is 9.29. The quantitative estimate of drug-likeness (QED) is 0.909. The van der Waals surface area contributed by atoms with Gasteiger partial charge in [0.1, 0.15) is 0 Å². The van der Waals surface area contributed by atoms with Gasteiger partial charge in [-0.25, -0.2) is 4.79 Å². The highest BCUT2D eigenvalue weighted by atomic mass is 16.5. The van der Waals surface area contributed by atoms with Gasteiger partial charge in [-0.15, -0.1) is 0 Å². The Kier molecular flexibility index (Phi) is 4.00. The summed E-state index contributed by atoms with van der Waals surface area (Å²) < 4.78 is 5.82. The highest BCUT2D eigenvalue weighted by molar-refractivity contribution is 5.89. The maximum absolute atomic E-state index is 11.3. The molecule has 2 aliphatic heterocycles. The van der Waals surface area contributed by atoms with Crippen LogP contribution in [0.4, 0.5) is 0 Å². The molecule has 4 nitrogen and oxygen atoms in total. The van der Waals surface area contributed by atoms with Gasteiger partial charge in [0.2, 0.25) is 0 Å². The maximum atomic E-state index is 11.3. The van der Waals surface area contributed by atoms with Gasteiger partial charge in [-0.1, -0.05) is 12.1 Å². The van der Waals surface area contributed by atoms with Crippen molar-refractivity contribution < 1.29 is 14.6 Å². The standard InChI is InChI=1S/C17H23NO3/c1-11-8-14(9-12(2)21-11)18-7-6-15-13(10-18)4-3-5-16(15)17(19)20/h3-5,11-12,14H,6-10H2,1-2H3,(H,19,20). The van der Waals surface area contributed by atoms with E-state index >= 15 is 0 Å². The second-order valence-electron chi connectivity index (χ2n) is 6.35. The Morgan fingerprint density at radius 1 is 1.29 bits per heavy atom. The summed E-state index contributed by atoms with van der Waals surface area (Å²) in [5.41, 5.74) is 2.67. The molecular formula is C17H23NO3. The third-order valence-electron chi connectivity index (χ3n) is 4.71. The molecule has 2 atom stereocenters. The number of hydrogen-bond acceptors (Lipinski definition) is 3. The van der Waals surface area contributed by atoms with Gasteiger partial charge in [0.15, 0.2) is 0 Å². The number of carboxylic acids is 1. The number of benzene rings is 1. The van der Waals surface area contributed by atoms with Crippen LogP contribution in [0, 0.1) is 0 Å². The van der Waals surface area contributed by atoms with E-state index in [0.29, 0.717) is 23.8 Å². The molecule has 2 unspecified atom stereocenters. The highest BCUT2D eigenvalue weighted by Gasteiger charge is 2.31. The maximum Gasteiger partial charge on any atom is 0.335 e. The van der Waals surface area contributed by atoms with E-state index in [-0.39, 0.29) is 0 Å². The van der Waals surface area contributed by atoms with Crippen LogP contribution in [0.25, 0.3) is 0 Å². The van der Waals surface area contributed by atoms with Gasteiger partial charge in [0.05, 0.1) is 17.8 Å². The van der Waals surface area contributed by atoms with E-state index in [9.17, 15) is 9.90 Å². The van der Waals surface area contributed by atoms with Gasteiger partial charge in [0.25, 0.3) is 0 Å². The molecule has 1 saturated heterocycles. The molecule has 1 aromatic rings. The Bertz CT molecular complexity index is 533. The van der Waals surface area contributed by atoms with Crippen LogP contribution >= 0.6 is 0 Å². The molecule has 1 aromatic carbocycles. The summed E-state index contributed by atoms with van der Waals surface area (Å²) in [6, 6.07) is 6.20. The summed E-state index contributed by atoms with van der Waals surface area (Å²) in [5.74, 6) is -0.811. The van der Waals surface area contributed by atoms with Crippen LogP contribution in [0.5, 0.6) is 0 Å². The molecule has 0 radical (unpaired) electrons. The minimum atomic E-state index is -0.811. The van der Waals surface area contributed by atoms with Crippen LogP contribution in [-0.4, -0.2) is 40.8 Å². The first-order chi connectivity index (χ1) is 10.0. The number of nitrogens with zero attached hydrogens (tertiary/aromatic N) is 1. The summed E-state index contributed by atoms with van der Waals surface area (Å²) in [6.07, 6.45) is 3.59. The molecule has 2 aliphatic rings. The van der Waals surface area contributed by atoms with Crippen LogP contribution in [0.1, 0.15) is 48.2 Å². The highest BCUT2D eigenvalue weighted by Crippen LogP contribution is 2.29. The fourth-order valence-electron chi connectivity index (χ4n) is 3.81. The van der Waals surface area contributed by atoms with Gasteiger partial charge in [0, 0.05) is 19.1 Å². The van der Waals surface area contributed by atoms with Crippen molar-refractivity contribution in [2.75, 3.05) is 6.54 Å². The van der Waals surface area contributed by atoms with Crippen molar-refractivity contribution >= 4 is 5.97 Å². The Labute approximate surface area is 125 Å². The van der Waals surface area contributed by atoms with E-state index in [1.54, 1.807) is 6.07 Å². The zero-order valence-corrected chi connectivity index (χ0v) is 12.7. The zero-order valence-electron chi connectivity index (χ0n) is 12.7. The molecule has 1 fully saturated rings. The monoisotopic (exact) mass is 289 g/mol. The molecule has 0 aliphatic carbocycles. The predicted octanol–water partition coefficient (Wildman–Crippen LogP) is 2.70. The third-order valence-corrected chi connectivity index (χ3v) is 4.71. The Morgan fingerprint density at radius 3 is 2.67 bits per heavy atom. The molecular weight excluding hydrogens is 266 g/mol. The van der Waals surface area contributed by atoms with Gasteiger partial charge in [-0.05, 0) is 50.3 Å². The van der Waals surface area contributed by atoms with Crippen molar-refractivity contribution in [2.24, 2.45) is 0 Å². The molecule has 0 aromatic heterocycles. The second-order valence-corrected chi connectivity index (χ2v) is 6.35. The second kappa shape index (κ2) is 5.78. The van der Waals surface area contributed by atoms with Crippen LogP contribution in [-0.2, 0) is 17.7 Å². The molecule has 21 heavy (non-hydrogen) atoms. The Morgan fingerprint density at radius 2 is 2.00 bits per heavy atom. The first-order valence-electron chi connectivity index (χ1n) is 7.78. The lowest BCUT2D eigenvalue weighted by Crippen LogP contribution is -2.46. The molecule has 0 bridgehead atoms. The van der Waals surface area contributed by atoms with E-state index in [1.807, 2.05) is 6.07 Å². The average Bonchev–Trinajstić information content (AvgIpc) is 2.44. The summed E-state index contributed by atoms with van der Waals surface area (Å²) in [6.45, 7) is 6.09. The van der Waals surface area contributed by atoms with E-state index in [1.165, 1.54) is 5.56 Å². The van der Waals surface area contributed by atoms with Crippen molar-refractivity contribution in [2.45, 2.75) is 57.9 Å². The number of hydrogen-bond donors (Lipinski definition) is 1. The SMILES string of the molecule is CC1CC(N2CCc3c(cccc3C(=O)O)C2)CC(C)O1. The number of aromatic carboxylic acids is 1. The fraction of sp³-hybridized carbons (Fsp3) is 0.588. The number of carbonyl (C=O) groups is 1. The lowest BCUT2D eigenvalue weighted by atomic mass is 9.91. The topological polar surface area (TPSA) is 49.8 Å². The van der Waals surface area contributed by atoms with Crippen LogP contribution in [0.2, 0.25) is 0 Å². The number of carboxylic acid groups (broad SMARTS) is 1. The summed E-state index contributed by atoms with van der Waals surface area (Å²) in [4.78, 5) is 13.8. The zero-order chi connectivity index (χ0) is 15.0. The number of fused-ring (bicyclic) bond motifs is 1. The lowest BCUT2D eigenvalue weighted by Gasteiger charge is -2.41. The molecule has 0 amide bonds. The van der Waals surface area contributed by atoms with Crippen molar-refractivity contribution in [3.63, 3.8) is 0 Å². The van der Waals surface area contributed by atoms with Crippen molar-refractivity contribution in [3.05, 3.63) is 34.9 Å². The van der Waals surface area contributed by atoms with Crippen molar-refractivity contribution in [1.29, 1.82) is 0 Å². The molecule has 2 heterocycles. The fourth-order valence-corrected chi connectivity index (χ4v) is 3.81. The third kappa shape index (κ3) is 2.97. The minimum absolute atomic E-state index is 0.311. The molecule has 3 rings (SSSR count). The van der Waals surface area contributed by atoms with Gasteiger partial charge >= 0.3 is 5.97 Å². The first-order valence-corrected chi connectivity index (χ1v) is 7.78. The van der Waals surface area contributed by atoms with Crippen molar-refractivity contribution in [1.82, 2.24) is 4.90 Å². The largest absolute Gasteiger partial charge is 0.478 e. The van der Waals surface area contributed by atoms with E-state index in [0.717, 1.165) is 37.9 Å². The van der Waals surface area contributed by atoms with E-state index in [4.69, 9.17) is 4.74 Å². The van der Waals surface area contributed by atoms with Crippen LogP contribution in [0.15, 0.2) is 18.2 Å². The molecule has 0 saturated carbocycles. The Balaban J connectivity index is 1.79. The van der Waals surface area contributed by atoms with Gasteiger partial charge in [-0.3, -0.25) is 4.90 Å². The lowest BCUT2D eigenvalue weighted by molar-refractivity contribution is -0.0674. The van der Waals surface area contributed by atoms with E-state index < -0.39 is 5.97 Å².